The summed E-state index contributed by atoms with van der Waals surface area (Å²) in [5.74, 6) is 1.77. The molecule has 132 valence electrons. The van der Waals surface area contributed by atoms with Crippen LogP contribution in [0.2, 0.25) is 0 Å². The van der Waals surface area contributed by atoms with Gasteiger partial charge in [0.15, 0.2) is 0 Å². The molecule has 5 atom stereocenters. The van der Waals surface area contributed by atoms with E-state index in [1.165, 1.54) is 0 Å². The Morgan fingerprint density at radius 1 is 1.25 bits per heavy atom. The van der Waals surface area contributed by atoms with Crippen molar-refractivity contribution >= 4 is 29.8 Å². The van der Waals surface area contributed by atoms with Crippen LogP contribution in [0, 0.1) is 17.8 Å². The van der Waals surface area contributed by atoms with E-state index in [1.54, 1.807) is 4.90 Å². The Labute approximate surface area is 144 Å². The minimum Gasteiger partial charge on any atom is -0.458 e. The summed E-state index contributed by atoms with van der Waals surface area (Å²) in [6.45, 7) is 1.40. The van der Waals surface area contributed by atoms with Gasteiger partial charge >= 0.3 is 18.0 Å². The summed E-state index contributed by atoms with van der Waals surface area (Å²) < 4.78 is 16.0. The van der Waals surface area contributed by atoms with E-state index in [0.29, 0.717) is 13.1 Å². The monoisotopic (exact) mass is 355 g/mol. The van der Waals surface area contributed by atoms with Crippen molar-refractivity contribution < 1.29 is 28.6 Å². The van der Waals surface area contributed by atoms with Crippen LogP contribution in [0.3, 0.4) is 0 Å². The summed E-state index contributed by atoms with van der Waals surface area (Å²) in [6, 6.07) is 0. The summed E-state index contributed by atoms with van der Waals surface area (Å²) in [6.07, 6.45) is 0.752. The average molecular weight is 355 g/mol. The van der Waals surface area contributed by atoms with E-state index < -0.39 is 5.97 Å². The number of hydrogen-bond donors (Lipinski definition) is 0. The van der Waals surface area contributed by atoms with Gasteiger partial charge < -0.3 is 19.1 Å². The minimum absolute atomic E-state index is 0.0126. The number of thioether (sulfide) groups is 1. The molecule has 5 unspecified atom stereocenters. The third-order valence-corrected chi connectivity index (χ3v) is 6.42. The zero-order valence-corrected chi connectivity index (χ0v) is 14.2. The van der Waals surface area contributed by atoms with Gasteiger partial charge in [0.2, 0.25) is 0 Å². The predicted octanol–water partition coefficient (Wildman–Crippen LogP) is 1.06. The Morgan fingerprint density at radius 3 is 2.83 bits per heavy atom. The van der Waals surface area contributed by atoms with Gasteiger partial charge in [0.05, 0.1) is 12.3 Å². The lowest BCUT2D eigenvalue weighted by Gasteiger charge is -2.26. The fourth-order valence-corrected chi connectivity index (χ4v) is 5.24. The predicted molar refractivity (Wildman–Crippen MR) is 84.3 cm³/mol. The number of rotatable bonds is 4. The van der Waals surface area contributed by atoms with Gasteiger partial charge in [-0.15, -0.1) is 0 Å². The van der Waals surface area contributed by atoms with Crippen molar-refractivity contribution in [2.75, 3.05) is 31.2 Å². The highest BCUT2D eigenvalue weighted by molar-refractivity contribution is 7.99. The summed E-state index contributed by atoms with van der Waals surface area (Å²) in [5.41, 5.74) is 0. The van der Waals surface area contributed by atoms with E-state index in [2.05, 4.69) is 0 Å². The third kappa shape index (κ3) is 2.85. The highest BCUT2D eigenvalue weighted by Gasteiger charge is 2.63. The van der Waals surface area contributed by atoms with Crippen LogP contribution in [0.4, 0.5) is 4.79 Å². The van der Waals surface area contributed by atoms with Crippen LogP contribution < -0.4 is 0 Å². The van der Waals surface area contributed by atoms with Gasteiger partial charge in [-0.3, -0.25) is 9.59 Å². The number of nitrogens with zero attached hydrogens (tertiary/aromatic N) is 1. The summed E-state index contributed by atoms with van der Waals surface area (Å²) >= 11 is 1.81. The molecule has 2 saturated carbocycles. The van der Waals surface area contributed by atoms with E-state index in [-0.39, 0.29) is 55.1 Å². The molecule has 0 aromatic rings. The Kier molecular flexibility index (Phi) is 4.32. The summed E-state index contributed by atoms with van der Waals surface area (Å²) in [7, 11) is 0. The second-order valence-corrected chi connectivity index (χ2v) is 8.05. The Morgan fingerprint density at radius 2 is 2.04 bits per heavy atom. The number of fused-ring (bicyclic) bond motifs is 1. The molecule has 0 N–H and O–H groups in total. The first-order valence-electron chi connectivity index (χ1n) is 8.53. The normalized spacial score (nSPS) is 36.6. The smallest absolute Gasteiger partial charge is 0.409 e. The quantitative estimate of drug-likeness (QED) is 0.551. The lowest BCUT2D eigenvalue weighted by atomic mass is 9.88. The van der Waals surface area contributed by atoms with Gasteiger partial charge in [0.25, 0.3) is 0 Å². The number of ether oxygens (including phenoxy) is 3. The van der Waals surface area contributed by atoms with Crippen LogP contribution in [0.1, 0.15) is 19.3 Å². The molecule has 24 heavy (non-hydrogen) atoms. The first-order valence-corrected chi connectivity index (χ1v) is 9.68. The number of carbonyl (C=O) groups excluding carboxylic acids is 3. The molecule has 1 amide bonds. The van der Waals surface area contributed by atoms with E-state index in [4.69, 9.17) is 14.2 Å². The molecule has 0 aromatic heterocycles. The Balaban J connectivity index is 1.20. The molecular weight excluding hydrogens is 334 g/mol. The number of hydrogen-bond acceptors (Lipinski definition) is 7. The molecule has 4 rings (SSSR count). The van der Waals surface area contributed by atoms with Crippen molar-refractivity contribution in [3.63, 3.8) is 0 Å². The van der Waals surface area contributed by atoms with E-state index in [9.17, 15) is 14.4 Å². The van der Waals surface area contributed by atoms with Crippen LogP contribution >= 0.6 is 11.8 Å². The number of carbonyl (C=O) groups is 3. The molecule has 4 aliphatic rings. The van der Waals surface area contributed by atoms with Gasteiger partial charge in [0, 0.05) is 36.4 Å². The SMILES string of the molecule is O=C(CCOC(=O)N1CCSCC1)OC1C2CC3C(=O)OC1C3C2. The molecule has 2 heterocycles. The molecule has 2 bridgehead atoms. The van der Waals surface area contributed by atoms with Crippen molar-refractivity contribution in [2.24, 2.45) is 17.8 Å². The van der Waals surface area contributed by atoms with E-state index >= 15 is 0 Å². The molecule has 0 radical (unpaired) electrons. The highest BCUT2D eigenvalue weighted by atomic mass is 32.2. The largest absolute Gasteiger partial charge is 0.458 e. The van der Waals surface area contributed by atoms with Gasteiger partial charge in [-0.1, -0.05) is 0 Å². The van der Waals surface area contributed by atoms with Gasteiger partial charge in [-0.05, 0) is 12.8 Å². The molecule has 0 aromatic carbocycles. The van der Waals surface area contributed by atoms with Crippen molar-refractivity contribution in [1.82, 2.24) is 4.90 Å². The van der Waals surface area contributed by atoms with Crippen molar-refractivity contribution in [2.45, 2.75) is 31.5 Å². The van der Waals surface area contributed by atoms with Gasteiger partial charge in [-0.25, -0.2) is 4.79 Å². The van der Waals surface area contributed by atoms with Gasteiger partial charge in [0.1, 0.15) is 18.8 Å². The van der Waals surface area contributed by atoms with Crippen LogP contribution in [0.5, 0.6) is 0 Å². The summed E-state index contributed by atoms with van der Waals surface area (Å²) in [5, 5.41) is 0. The maximum atomic E-state index is 12.0. The highest BCUT2D eigenvalue weighted by Crippen LogP contribution is 2.55. The first-order chi connectivity index (χ1) is 11.6. The average Bonchev–Trinajstić information content (AvgIpc) is 3.20. The lowest BCUT2D eigenvalue weighted by molar-refractivity contribution is -0.162. The molecule has 2 aliphatic carbocycles. The molecule has 8 heteroatoms. The van der Waals surface area contributed by atoms with E-state index in [0.717, 1.165) is 24.3 Å². The topological polar surface area (TPSA) is 82.1 Å². The maximum Gasteiger partial charge on any atom is 0.409 e. The van der Waals surface area contributed by atoms with Crippen LogP contribution in [0.15, 0.2) is 0 Å². The lowest BCUT2D eigenvalue weighted by Crippen LogP contribution is -2.39. The third-order valence-electron chi connectivity index (χ3n) is 5.48. The standard InChI is InChI=1S/C16H21NO6S/c18-12(1-4-21-16(20)17-2-5-24-6-3-17)22-13-9-7-10-11(8-9)15(19)23-14(10)13/h9-11,13-14H,1-8H2. The number of amides is 1. The Hall–Kier alpha value is -1.44. The van der Waals surface area contributed by atoms with Crippen molar-refractivity contribution in [3.05, 3.63) is 0 Å². The molecule has 2 aliphatic heterocycles. The minimum atomic E-state index is -0.394. The fraction of sp³-hybridized carbons (Fsp3) is 0.812. The molecule has 2 saturated heterocycles. The molecule has 7 nitrogen and oxygen atoms in total. The number of esters is 2. The van der Waals surface area contributed by atoms with Crippen molar-refractivity contribution in [1.29, 1.82) is 0 Å². The van der Waals surface area contributed by atoms with E-state index in [1.807, 2.05) is 11.8 Å². The van der Waals surface area contributed by atoms with Crippen LogP contribution in [0.25, 0.3) is 0 Å². The van der Waals surface area contributed by atoms with Gasteiger partial charge in [-0.2, -0.15) is 11.8 Å². The van der Waals surface area contributed by atoms with Crippen LogP contribution in [-0.2, 0) is 23.8 Å². The second-order valence-electron chi connectivity index (χ2n) is 6.82. The molecule has 4 fully saturated rings. The molecule has 0 spiro atoms. The molecular formula is C16H21NO6S. The maximum absolute atomic E-state index is 12.0. The zero-order valence-electron chi connectivity index (χ0n) is 13.3. The summed E-state index contributed by atoms with van der Waals surface area (Å²) in [4.78, 5) is 37.2. The second kappa shape index (κ2) is 6.46. The zero-order chi connectivity index (χ0) is 16.7. The first kappa shape index (κ1) is 16.1. The Bertz CT molecular complexity index is 549. The van der Waals surface area contributed by atoms with Crippen molar-refractivity contribution in [3.8, 4) is 0 Å². The van der Waals surface area contributed by atoms with Crippen LogP contribution in [-0.4, -0.2) is 66.3 Å². The fourth-order valence-electron chi connectivity index (χ4n) is 4.33.